The molecule has 1 aliphatic heterocycles. The molecule has 5 rings (SSSR count). The number of halogens is 3. The summed E-state index contributed by atoms with van der Waals surface area (Å²) in [6.07, 6.45) is 6.73. The number of nitrogens with zero attached hydrogens (tertiary/aromatic N) is 3. The van der Waals surface area contributed by atoms with Crippen LogP contribution in [0.15, 0.2) is 71.3 Å². The number of rotatable bonds is 5. The summed E-state index contributed by atoms with van der Waals surface area (Å²) >= 11 is 15.6. The Hall–Kier alpha value is -2.64. The van der Waals surface area contributed by atoms with E-state index in [2.05, 4.69) is 49.3 Å². The van der Waals surface area contributed by atoms with Crippen molar-refractivity contribution >= 4 is 62.1 Å². The van der Waals surface area contributed by atoms with Crippen LogP contribution in [0.1, 0.15) is 22.4 Å². The molecular formula is C27H23BrCl2N4O. The lowest BCUT2D eigenvalue weighted by molar-refractivity contribution is 0.240. The zero-order valence-electron chi connectivity index (χ0n) is 18.8. The quantitative estimate of drug-likeness (QED) is 0.265. The molecule has 1 amide bonds. The molecule has 0 unspecified atom stereocenters. The van der Waals surface area contributed by atoms with E-state index in [4.69, 9.17) is 23.2 Å². The molecule has 35 heavy (non-hydrogen) atoms. The number of carbonyl (C=O) groups is 1. The van der Waals surface area contributed by atoms with Gasteiger partial charge in [-0.15, -0.1) is 0 Å². The summed E-state index contributed by atoms with van der Waals surface area (Å²) in [4.78, 5) is 19.7. The lowest BCUT2D eigenvalue weighted by Gasteiger charge is -2.27. The SMILES string of the molecule is O=C(NCc1ccnc(Cl)c1)n1c2c(c3cc(Br)ccc31)CN(C/C=C/c1ccc(Cl)cc1)CC2. The first-order chi connectivity index (χ1) is 17.0. The van der Waals surface area contributed by atoms with E-state index in [9.17, 15) is 4.79 Å². The maximum atomic E-state index is 13.3. The highest BCUT2D eigenvalue weighted by Crippen LogP contribution is 2.33. The first kappa shape index (κ1) is 24.1. The molecule has 2 aromatic heterocycles. The molecule has 2 aromatic carbocycles. The smallest absolute Gasteiger partial charge is 0.326 e. The number of pyridine rings is 1. The van der Waals surface area contributed by atoms with Gasteiger partial charge in [0, 0.05) is 59.4 Å². The molecule has 0 saturated heterocycles. The van der Waals surface area contributed by atoms with E-state index in [-0.39, 0.29) is 6.03 Å². The summed E-state index contributed by atoms with van der Waals surface area (Å²) in [6, 6.07) is 17.4. The minimum absolute atomic E-state index is 0.136. The third-order valence-corrected chi connectivity index (χ3v) is 7.12. The Kier molecular flexibility index (Phi) is 7.25. The van der Waals surface area contributed by atoms with Crippen molar-refractivity contribution in [2.45, 2.75) is 19.5 Å². The van der Waals surface area contributed by atoms with Gasteiger partial charge < -0.3 is 5.32 Å². The van der Waals surface area contributed by atoms with E-state index in [1.807, 2.05) is 47.0 Å². The first-order valence-electron chi connectivity index (χ1n) is 11.3. The Labute approximate surface area is 222 Å². The maximum absolute atomic E-state index is 13.3. The monoisotopic (exact) mass is 568 g/mol. The first-order valence-corrected chi connectivity index (χ1v) is 12.9. The zero-order chi connectivity index (χ0) is 24.4. The Balaban J connectivity index is 1.37. The van der Waals surface area contributed by atoms with Crippen molar-refractivity contribution in [2.75, 3.05) is 13.1 Å². The zero-order valence-corrected chi connectivity index (χ0v) is 21.9. The van der Waals surface area contributed by atoms with Crippen molar-refractivity contribution in [1.82, 2.24) is 19.8 Å². The molecular weight excluding hydrogens is 547 g/mol. The molecule has 0 atom stereocenters. The summed E-state index contributed by atoms with van der Waals surface area (Å²) in [5.41, 5.74) is 5.22. The van der Waals surface area contributed by atoms with Crippen molar-refractivity contribution < 1.29 is 4.79 Å². The standard InChI is InChI=1S/C27H23BrCl2N4O/c28-20-5-8-24-22(15-20)23-17-33(12-1-2-18-3-6-21(29)7-4-18)13-10-25(23)34(24)27(35)32-16-19-9-11-31-26(30)14-19/h1-9,11,14-15H,10,12-13,16-17H2,(H,32,35)/b2-1+. The lowest BCUT2D eigenvalue weighted by Crippen LogP contribution is -2.34. The Morgan fingerprint density at radius 1 is 1.11 bits per heavy atom. The minimum atomic E-state index is -0.136. The molecule has 1 N–H and O–H groups in total. The van der Waals surface area contributed by atoms with Crippen LogP contribution in [0.5, 0.6) is 0 Å². The molecule has 178 valence electrons. The second kappa shape index (κ2) is 10.5. The number of carbonyl (C=O) groups excluding carboxylic acids is 1. The van der Waals surface area contributed by atoms with E-state index in [0.717, 1.165) is 63.3 Å². The predicted octanol–water partition coefficient (Wildman–Crippen LogP) is 6.94. The van der Waals surface area contributed by atoms with Crippen LogP contribution >= 0.6 is 39.1 Å². The summed E-state index contributed by atoms with van der Waals surface area (Å²) < 4.78 is 2.83. The summed E-state index contributed by atoms with van der Waals surface area (Å²) in [6.45, 7) is 2.88. The Bertz CT molecular complexity index is 1410. The molecule has 4 aromatic rings. The number of benzene rings is 2. The molecule has 0 radical (unpaired) electrons. The number of amides is 1. The van der Waals surface area contributed by atoms with Gasteiger partial charge in [-0.25, -0.2) is 9.78 Å². The molecule has 3 heterocycles. The number of nitrogens with one attached hydrogen (secondary N) is 1. The predicted molar refractivity (Wildman–Crippen MR) is 146 cm³/mol. The van der Waals surface area contributed by atoms with Gasteiger partial charge in [0.25, 0.3) is 0 Å². The molecule has 5 nitrogen and oxygen atoms in total. The van der Waals surface area contributed by atoms with Crippen molar-refractivity contribution in [3.05, 3.63) is 104 Å². The van der Waals surface area contributed by atoms with Gasteiger partial charge in [0.2, 0.25) is 0 Å². The molecule has 0 fully saturated rings. The van der Waals surface area contributed by atoms with Crippen LogP contribution in [0, 0.1) is 0 Å². The van der Waals surface area contributed by atoms with E-state index in [1.165, 1.54) is 5.56 Å². The van der Waals surface area contributed by atoms with Gasteiger partial charge in [0.05, 0.1) is 5.52 Å². The van der Waals surface area contributed by atoms with E-state index in [0.29, 0.717) is 11.7 Å². The highest BCUT2D eigenvalue weighted by Gasteiger charge is 2.26. The summed E-state index contributed by atoms with van der Waals surface area (Å²) in [5, 5.41) is 5.30. The van der Waals surface area contributed by atoms with Gasteiger partial charge in [-0.1, -0.05) is 63.4 Å². The van der Waals surface area contributed by atoms with Gasteiger partial charge >= 0.3 is 6.03 Å². The fourth-order valence-electron chi connectivity index (χ4n) is 4.50. The molecule has 0 aliphatic carbocycles. The normalized spacial score (nSPS) is 13.9. The number of aromatic nitrogens is 2. The van der Waals surface area contributed by atoms with E-state index in [1.54, 1.807) is 12.3 Å². The maximum Gasteiger partial charge on any atom is 0.326 e. The van der Waals surface area contributed by atoms with E-state index >= 15 is 0 Å². The van der Waals surface area contributed by atoms with Crippen molar-refractivity contribution in [1.29, 1.82) is 0 Å². The van der Waals surface area contributed by atoms with Crippen molar-refractivity contribution in [3.8, 4) is 0 Å². The van der Waals surface area contributed by atoms with Gasteiger partial charge in [0.15, 0.2) is 0 Å². The van der Waals surface area contributed by atoms with Crippen LogP contribution in [-0.2, 0) is 19.5 Å². The number of hydrogen-bond acceptors (Lipinski definition) is 3. The fourth-order valence-corrected chi connectivity index (χ4v) is 5.18. The second-order valence-electron chi connectivity index (χ2n) is 8.51. The van der Waals surface area contributed by atoms with Crippen molar-refractivity contribution in [3.63, 3.8) is 0 Å². The van der Waals surface area contributed by atoms with Gasteiger partial charge in [-0.2, -0.15) is 0 Å². The van der Waals surface area contributed by atoms with Gasteiger partial charge in [-0.05, 0) is 59.2 Å². The third-order valence-electron chi connectivity index (χ3n) is 6.17. The molecule has 0 saturated carbocycles. The number of hydrogen-bond donors (Lipinski definition) is 1. The van der Waals surface area contributed by atoms with Crippen LogP contribution < -0.4 is 5.32 Å². The van der Waals surface area contributed by atoms with Gasteiger partial charge in [0.1, 0.15) is 5.15 Å². The summed E-state index contributed by atoms with van der Waals surface area (Å²) in [7, 11) is 0. The average molecular weight is 570 g/mol. The molecule has 8 heteroatoms. The lowest BCUT2D eigenvalue weighted by atomic mass is 10.0. The topological polar surface area (TPSA) is 50.2 Å². The van der Waals surface area contributed by atoms with Crippen molar-refractivity contribution in [2.24, 2.45) is 0 Å². The number of fused-ring (bicyclic) bond motifs is 3. The highest BCUT2D eigenvalue weighted by molar-refractivity contribution is 9.10. The molecule has 1 aliphatic rings. The Morgan fingerprint density at radius 3 is 2.74 bits per heavy atom. The average Bonchev–Trinajstić information content (AvgIpc) is 3.17. The largest absolute Gasteiger partial charge is 0.333 e. The fraction of sp³-hybridized carbons (Fsp3) is 0.185. The Morgan fingerprint density at radius 2 is 1.94 bits per heavy atom. The summed E-state index contributed by atoms with van der Waals surface area (Å²) in [5.74, 6) is 0. The van der Waals surface area contributed by atoms with Crippen LogP contribution in [0.3, 0.4) is 0 Å². The van der Waals surface area contributed by atoms with Crippen LogP contribution in [0.2, 0.25) is 10.2 Å². The van der Waals surface area contributed by atoms with E-state index < -0.39 is 0 Å². The highest BCUT2D eigenvalue weighted by atomic mass is 79.9. The van der Waals surface area contributed by atoms with Crippen LogP contribution in [0.25, 0.3) is 17.0 Å². The second-order valence-corrected chi connectivity index (χ2v) is 10.2. The molecule has 0 bridgehead atoms. The minimum Gasteiger partial charge on any atom is -0.333 e. The van der Waals surface area contributed by atoms with Gasteiger partial charge in [-0.3, -0.25) is 9.47 Å². The van der Waals surface area contributed by atoms with Crippen LogP contribution in [0.4, 0.5) is 4.79 Å². The molecule has 0 spiro atoms. The third kappa shape index (κ3) is 5.46. The van der Waals surface area contributed by atoms with Crippen LogP contribution in [-0.4, -0.2) is 33.6 Å².